The fourth-order valence-electron chi connectivity index (χ4n) is 1.81. The molecule has 0 saturated carbocycles. The van der Waals surface area contributed by atoms with Crippen molar-refractivity contribution in [3.05, 3.63) is 23.8 Å². The predicted octanol–water partition coefficient (Wildman–Crippen LogP) is 4.48. The van der Waals surface area contributed by atoms with Gasteiger partial charge in [-0.15, -0.1) is 0 Å². The van der Waals surface area contributed by atoms with Crippen LogP contribution < -0.4 is 9.47 Å². The van der Waals surface area contributed by atoms with Crippen molar-refractivity contribution in [3.63, 3.8) is 0 Å². The highest BCUT2D eigenvalue weighted by Crippen LogP contribution is 2.36. The molecule has 0 heterocycles. The molecule has 1 aromatic rings. The second-order valence-corrected chi connectivity index (χ2v) is 11.7. The highest BCUT2D eigenvalue weighted by molar-refractivity contribution is 6.74. The van der Waals surface area contributed by atoms with Crippen molar-refractivity contribution in [1.29, 1.82) is 5.41 Å². The largest absolute Gasteiger partial charge is 0.497 e. The van der Waals surface area contributed by atoms with Gasteiger partial charge in [-0.05, 0) is 30.3 Å². The van der Waals surface area contributed by atoms with E-state index in [1.165, 1.54) is 0 Å². The Morgan fingerprint density at radius 2 is 1.77 bits per heavy atom. The first-order valence-electron chi connectivity index (χ1n) is 7.56. The lowest BCUT2D eigenvalue weighted by Gasteiger charge is -2.36. The lowest BCUT2D eigenvalue weighted by Crippen LogP contribution is -2.41. The molecule has 124 valence electrons. The maximum Gasteiger partial charge on any atom is 0.191 e. The Bertz CT molecular complexity index is 521. The van der Waals surface area contributed by atoms with Gasteiger partial charge in [0.2, 0.25) is 0 Å². The molecule has 0 atom stereocenters. The van der Waals surface area contributed by atoms with Gasteiger partial charge in [0.05, 0.1) is 14.2 Å². The van der Waals surface area contributed by atoms with E-state index < -0.39 is 8.32 Å². The van der Waals surface area contributed by atoms with E-state index in [0.29, 0.717) is 24.5 Å². The number of rotatable bonds is 7. The maximum atomic E-state index is 8.28. The SMILES string of the molecule is COc1ccc(C(=N)CCO[Si](C)(C)C(C)(C)C)c(OC)c1. The molecule has 1 rings (SSSR count). The van der Waals surface area contributed by atoms with Gasteiger partial charge in [0.15, 0.2) is 8.32 Å². The summed E-state index contributed by atoms with van der Waals surface area (Å²) in [4.78, 5) is 0. The topological polar surface area (TPSA) is 51.5 Å². The van der Waals surface area contributed by atoms with Crippen LogP contribution in [0.1, 0.15) is 32.8 Å². The van der Waals surface area contributed by atoms with E-state index in [1.54, 1.807) is 20.3 Å². The maximum absolute atomic E-state index is 8.28. The van der Waals surface area contributed by atoms with Crippen molar-refractivity contribution in [1.82, 2.24) is 0 Å². The average molecular weight is 324 g/mol. The van der Waals surface area contributed by atoms with Gasteiger partial charge in [-0.2, -0.15) is 0 Å². The number of benzene rings is 1. The monoisotopic (exact) mass is 323 g/mol. The molecule has 0 spiro atoms. The van der Waals surface area contributed by atoms with Crippen LogP contribution in [-0.4, -0.2) is 34.9 Å². The summed E-state index contributed by atoms with van der Waals surface area (Å²) in [7, 11) is 1.47. The molecule has 0 aliphatic rings. The Kier molecular flexibility index (Phi) is 6.20. The van der Waals surface area contributed by atoms with Gasteiger partial charge in [-0.25, -0.2) is 0 Å². The third-order valence-corrected chi connectivity index (χ3v) is 8.89. The highest BCUT2D eigenvalue weighted by atomic mass is 28.4. The highest BCUT2D eigenvalue weighted by Gasteiger charge is 2.36. The fourth-order valence-corrected chi connectivity index (χ4v) is 2.85. The minimum Gasteiger partial charge on any atom is -0.497 e. The van der Waals surface area contributed by atoms with E-state index >= 15 is 0 Å². The van der Waals surface area contributed by atoms with E-state index in [9.17, 15) is 0 Å². The van der Waals surface area contributed by atoms with Crippen LogP contribution in [0.25, 0.3) is 0 Å². The third-order valence-electron chi connectivity index (χ3n) is 4.35. The van der Waals surface area contributed by atoms with Gasteiger partial charge in [-0.1, -0.05) is 20.8 Å². The van der Waals surface area contributed by atoms with Crippen LogP contribution in [0.3, 0.4) is 0 Å². The number of ether oxygens (including phenoxy) is 2. The van der Waals surface area contributed by atoms with Crippen LogP contribution in [0, 0.1) is 5.41 Å². The third kappa shape index (κ3) is 4.58. The van der Waals surface area contributed by atoms with Crippen molar-refractivity contribution in [3.8, 4) is 11.5 Å². The zero-order valence-corrected chi connectivity index (χ0v) is 15.9. The molecule has 1 N–H and O–H groups in total. The van der Waals surface area contributed by atoms with Gasteiger partial charge in [0.25, 0.3) is 0 Å². The molecule has 0 aromatic heterocycles. The van der Waals surface area contributed by atoms with Crippen LogP contribution in [-0.2, 0) is 4.43 Å². The van der Waals surface area contributed by atoms with Gasteiger partial charge in [0.1, 0.15) is 11.5 Å². The van der Waals surface area contributed by atoms with Crippen molar-refractivity contribution in [2.75, 3.05) is 20.8 Å². The van der Waals surface area contributed by atoms with Gasteiger partial charge in [0, 0.05) is 30.4 Å². The zero-order chi connectivity index (χ0) is 17.0. The van der Waals surface area contributed by atoms with E-state index in [2.05, 4.69) is 33.9 Å². The van der Waals surface area contributed by atoms with E-state index in [4.69, 9.17) is 19.3 Å². The number of methoxy groups -OCH3 is 2. The average Bonchev–Trinajstić information content (AvgIpc) is 2.44. The Morgan fingerprint density at radius 1 is 1.14 bits per heavy atom. The first kappa shape index (κ1) is 18.7. The predicted molar refractivity (Wildman–Crippen MR) is 94.1 cm³/mol. The molecule has 4 nitrogen and oxygen atoms in total. The molecule has 0 saturated heterocycles. The summed E-state index contributed by atoms with van der Waals surface area (Å²) in [5.74, 6) is 1.39. The first-order valence-corrected chi connectivity index (χ1v) is 10.5. The van der Waals surface area contributed by atoms with Crippen molar-refractivity contribution < 1.29 is 13.9 Å². The van der Waals surface area contributed by atoms with Crippen LogP contribution in [0.4, 0.5) is 0 Å². The molecule has 22 heavy (non-hydrogen) atoms. The molecular formula is C17H29NO3Si. The summed E-state index contributed by atoms with van der Waals surface area (Å²) in [6, 6.07) is 5.52. The standard InChI is InChI=1S/C17H29NO3Si/c1-17(2,3)22(6,7)21-11-10-15(18)14-9-8-13(19-4)12-16(14)20-5/h8-9,12,18H,10-11H2,1-7H3. The molecule has 0 radical (unpaired) electrons. The summed E-state index contributed by atoms with van der Waals surface area (Å²) in [6.07, 6.45) is 0.579. The molecule has 0 amide bonds. The summed E-state index contributed by atoms with van der Waals surface area (Å²) in [5.41, 5.74) is 1.32. The Hall–Kier alpha value is -1.33. The van der Waals surface area contributed by atoms with Gasteiger partial charge >= 0.3 is 0 Å². The van der Waals surface area contributed by atoms with E-state index in [0.717, 1.165) is 11.3 Å². The first-order chi connectivity index (χ1) is 10.1. The normalized spacial score (nSPS) is 12.1. The fraction of sp³-hybridized carbons (Fsp3) is 0.588. The second kappa shape index (κ2) is 7.29. The quantitative estimate of drug-likeness (QED) is 0.594. The number of hydrogen-bond acceptors (Lipinski definition) is 4. The van der Waals surface area contributed by atoms with Crippen molar-refractivity contribution >= 4 is 14.0 Å². The van der Waals surface area contributed by atoms with Gasteiger partial charge < -0.3 is 19.3 Å². The molecule has 1 aromatic carbocycles. The smallest absolute Gasteiger partial charge is 0.191 e. The lowest BCUT2D eigenvalue weighted by atomic mass is 10.1. The molecule has 0 bridgehead atoms. The van der Waals surface area contributed by atoms with Crippen LogP contribution in [0.15, 0.2) is 18.2 Å². The molecule has 0 fully saturated rings. The summed E-state index contributed by atoms with van der Waals surface area (Å²) in [5, 5.41) is 8.47. The van der Waals surface area contributed by atoms with Crippen LogP contribution in [0.5, 0.6) is 11.5 Å². The summed E-state index contributed by atoms with van der Waals surface area (Å²) in [6.45, 7) is 11.7. The minimum atomic E-state index is -1.76. The number of hydrogen-bond donors (Lipinski definition) is 1. The molecular weight excluding hydrogens is 294 g/mol. The van der Waals surface area contributed by atoms with E-state index in [1.807, 2.05) is 12.1 Å². The molecule has 0 aliphatic carbocycles. The second-order valence-electron chi connectivity index (χ2n) is 6.90. The van der Waals surface area contributed by atoms with Crippen molar-refractivity contribution in [2.45, 2.75) is 45.3 Å². The zero-order valence-electron chi connectivity index (χ0n) is 14.9. The molecule has 5 heteroatoms. The van der Waals surface area contributed by atoms with Crippen molar-refractivity contribution in [2.24, 2.45) is 0 Å². The Balaban J connectivity index is 2.71. The molecule has 0 unspecified atom stereocenters. The Morgan fingerprint density at radius 3 is 2.27 bits per heavy atom. The van der Waals surface area contributed by atoms with Crippen LogP contribution in [0.2, 0.25) is 18.1 Å². The summed E-state index contributed by atoms with van der Waals surface area (Å²) >= 11 is 0. The van der Waals surface area contributed by atoms with Gasteiger partial charge in [-0.3, -0.25) is 0 Å². The minimum absolute atomic E-state index is 0.187. The van der Waals surface area contributed by atoms with E-state index in [-0.39, 0.29) is 5.04 Å². The molecule has 0 aliphatic heterocycles. The lowest BCUT2D eigenvalue weighted by molar-refractivity contribution is 0.298. The summed E-state index contributed by atoms with van der Waals surface area (Å²) < 4.78 is 16.7. The Labute approximate surface area is 135 Å². The van der Waals surface area contributed by atoms with Crippen LogP contribution >= 0.6 is 0 Å². The number of nitrogens with one attached hydrogen (secondary N) is 1.